The van der Waals surface area contributed by atoms with Gasteiger partial charge in [-0.2, -0.15) is 0 Å². The molecule has 4 heterocycles. The maximum Gasteiger partial charge on any atom is 0.135 e. The van der Waals surface area contributed by atoms with Crippen LogP contribution >= 0.6 is 11.3 Å². The Bertz CT molecular complexity index is 3210. The molecule has 1 saturated heterocycles. The van der Waals surface area contributed by atoms with Crippen LogP contribution in [0.2, 0.25) is 0 Å². The Morgan fingerprint density at radius 2 is 1.09 bits per heavy atom. The lowest BCUT2D eigenvalue weighted by Crippen LogP contribution is -2.54. The monoisotopic (exact) mass is 752 g/mol. The van der Waals surface area contributed by atoms with Crippen LogP contribution in [-0.2, 0) is 0 Å². The third kappa shape index (κ3) is 5.27. The average molecular weight is 753 g/mol. The van der Waals surface area contributed by atoms with Crippen molar-refractivity contribution in [2.24, 2.45) is 0 Å². The van der Waals surface area contributed by atoms with Gasteiger partial charge in [0.1, 0.15) is 11.2 Å². The van der Waals surface area contributed by atoms with Crippen LogP contribution in [0.15, 0.2) is 186 Å². The number of para-hydroxylation sites is 2. The highest BCUT2D eigenvalue weighted by Crippen LogP contribution is 2.44. The molecule has 2 unspecified atom stereocenters. The van der Waals surface area contributed by atoms with Gasteiger partial charge in [-0.25, -0.2) is 0 Å². The fraction of sp³-hybridized carbons (Fsp3) is 0.0588. The number of aromatic nitrogens is 1. The summed E-state index contributed by atoms with van der Waals surface area (Å²) in [5, 5.41) is 18.9. The van der Waals surface area contributed by atoms with E-state index >= 15 is 0 Å². The molecule has 1 aliphatic rings. The Labute approximate surface area is 332 Å². The summed E-state index contributed by atoms with van der Waals surface area (Å²) in [5.74, 6) is 0. The van der Waals surface area contributed by atoms with Gasteiger partial charge in [0.05, 0.1) is 29.5 Å². The number of fused-ring (bicyclic) bond motifs is 9. The van der Waals surface area contributed by atoms with Crippen molar-refractivity contribution in [1.29, 1.82) is 0 Å². The lowest BCUT2D eigenvalue weighted by Gasteiger charge is -2.39. The lowest BCUT2D eigenvalue weighted by molar-refractivity contribution is 0.204. The van der Waals surface area contributed by atoms with E-state index in [1.807, 2.05) is 11.3 Å². The van der Waals surface area contributed by atoms with Crippen molar-refractivity contribution in [2.75, 3.05) is 0 Å². The molecule has 2 atom stereocenters. The number of furan rings is 1. The van der Waals surface area contributed by atoms with Crippen molar-refractivity contribution in [2.45, 2.75) is 18.5 Å². The summed E-state index contributed by atoms with van der Waals surface area (Å²) in [6, 6.07) is 65.5. The summed E-state index contributed by atoms with van der Waals surface area (Å²) in [4.78, 5) is 0. The zero-order valence-corrected chi connectivity index (χ0v) is 31.6. The van der Waals surface area contributed by atoms with Crippen molar-refractivity contribution in [3.05, 3.63) is 199 Å². The molecule has 3 aromatic heterocycles. The zero-order chi connectivity index (χ0) is 37.5. The SMILES string of the molecule is c1ccc(C2NC(c3ccccc3)NC(c3cccc4oc5ccc(-c6cccc7sc8cc(-n9c%10ccccc%10c%10ccccc%109)ccc8c67)cc5c34)N2)cc1. The van der Waals surface area contributed by atoms with E-state index in [0.29, 0.717) is 0 Å². The Morgan fingerprint density at radius 3 is 1.81 bits per heavy atom. The number of nitrogens with zero attached hydrogens (tertiary/aromatic N) is 1. The van der Waals surface area contributed by atoms with E-state index in [1.54, 1.807) is 0 Å². The van der Waals surface area contributed by atoms with Gasteiger partial charge >= 0.3 is 0 Å². The molecule has 5 nitrogen and oxygen atoms in total. The molecule has 8 aromatic carbocycles. The van der Waals surface area contributed by atoms with Crippen molar-refractivity contribution in [3.8, 4) is 16.8 Å². The van der Waals surface area contributed by atoms with E-state index in [1.165, 1.54) is 69.9 Å². The minimum absolute atomic E-state index is 0.0633. The van der Waals surface area contributed by atoms with Gasteiger partial charge in [0.2, 0.25) is 0 Å². The van der Waals surface area contributed by atoms with Crippen molar-refractivity contribution >= 4 is 75.3 Å². The second-order valence-corrected chi connectivity index (χ2v) is 16.1. The lowest BCUT2D eigenvalue weighted by atomic mass is 9.96. The Hall–Kier alpha value is -6.54. The van der Waals surface area contributed by atoms with E-state index in [9.17, 15) is 0 Å². The molecule has 11 aromatic rings. The summed E-state index contributed by atoms with van der Waals surface area (Å²) in [6.07, 6.45) is -0.277. The molecule has 6 heteroatoms. The van der Waals surface area contributed by atoms with Gasteiger partial charge in [0.25, 0.3) is 0 Å². The molecule has 0 radical (unpaired) electrons. The van der Waals surface area contributed by atoms with Gasteiger partial charge < -0.3 is 8.98 Å². The standard InChI is InChI=1S/C51H36N4OS/c1-3-13-31(14-4-1)49-52-50(32-15-5-2-6-16-32)54-51(53-49)39-20-11-23-44-47(39)40-29-33(25-28-43(40)56-44)35-19-12-24-45-48(35)38-27-26-34(30-46(38)57-45)55-41-21-9-7-17-36(41)37-18-8-10-22-42(37)55/h1-30,49-54H. The Morgan fingerprint density at radius 1 is 0.439 bits per heavy atom. The minimum Gasteiger partial charge on any atom is -0.456 e. The van der Waals surface area contributed by atoms with Crippen molar-refractivity contribution in [1.82, 2.24) is 20.5 Å². The highest BCUT2D eigenvalue weighted by atomic mass is 32.1. The first-order valence-electron chi connectivity index (χ1n) is 19.5. The Kier molecular flexibility index (Phi) is 7.46. The van der Waals surface area contributed by atoms with Crippen molar-refractivity contribution < 1.29 is 4.42 Å². The highest BCUT2D eigenvalue weighted by molar-refractivity contribution is 7.26. The molecule has 1 fully saturated rings. The predicted molar refractivity (Wildman–Crippen MR) is 237 cm³/mol. The van der Waals surface area contributed by atoms with Gasteiger partial charge in [-0.1, -0.05) is 133 Å². The molecule has 1 aliphatic heterocycles. The van der Waals surface area contributed by atoms with Crippen LogP contribution in [0.25, 0.3) is 80.7 Å². The number of hydrogen-bond donors (Lipinski definition) is 3. The van der Waals surface area contributed by atoms with Crippen LogP contribution in [0.5, 0.6) is 0 Å². The summed E-state index contributed by atoms with van der Waals surface area (Å²) in [6.45, 7) is 0. The maximum absolute atomic E-state index is 6.58. The summed E-state index contributed by atoms with van der Waals surface area (Å²) >= 11 is 1.86. The quantitative estimate of drug-likeness (QED) is 0.164. The second kappa shape index (κ2) is 13.0. The van der Waals surface area contributed by atoms with Crippen LogP contribution in [0, 0.1) is 0 Å². The van der Waals surface area contributed by atoms with Crippen LogP contribution < -0.4 is 16.0 Å². The fourth-order valence-corrected chi connectivity index (χ4v) is 10.3. The van der Waals surface area contributed by atoms with Gasteiger partial charge in [0, 0.05) is 47.4 Å². The van der Waals surface area contributed by atoms with Crippen LogP contribution in [0.4, 0.5) is 0 Å². The number of rotatable bonds is 5. The van der Waals surface area contributed by atoms with Gasteiger partial charge in [0.15, 0.2) is 0 Å². The molecular formula is C51H36N4OS. The molecule has 57 heavy (non-hydrogen) atoms. The molecule has 12 rings (SSSR count). The highest BCUT2D eigenvalue weighted by Gasteiger charge is 2.31. The second-order valence-electron chi connectivity index (χ2n) is 15.0. The number of thiophene rings is 1. The first-order valence-corrected chi connectivity index (χ1v) is 20.3. The molecule has 0 bridgehead atoms. The first-order chi connectivity index (χ1) is 28.2. The maximum atomic E-state index is 6.58. The smallest absolute Gasteiger partial charge is 0.135 e. The topological polar surface area (TPSA) is 54.2 Å². The molecule has 272 valence electrons. The summed E-state index contributed by atoms with van der Waals surface area (Å²) in [5.41, 5.74) is 11.3. The van der Waals surface area contributed by atoms with Gasteiger partial charge in [-0.3, -0.25) is 16.0 Å². The fourth-order valence-electron chi connectivity index (χ4n) is 9.16. The molecule has 0 amide bonds. The first kappa shape index (κ1) is 32.7. The summed E-state index contributed by atoms with van der Waals surface area (Å²) < 4.78 is 11.5. The normalized spacial score (nSPS) is 17.4. The molecule has 3 N–H and O–H groups in total. The van der Waals surface area contributed by atoms with Crippen LogP contribution in [0.1, 0.15) is 35.2 Å². The van der Waals surface area contributed by atoms with E-state index in [2.05, 4.69) is 203 Å². The number of benzene rings is 8. The molecule has 0 saturated carbocycles. The molecule has 0 spiro atoms. The summed E-state index contributed by atoms with van der Waals surface area (Å²) in [7, 11) is 0. The van der Waals surface area contributed by atoms with E-state index in [-0.39, 0.29) is 18.5 Å². The van der Waals surface area contributed by atoms with Crippen molar-refractivity contribution in [3.63, 3.8) is 0 Å². The van der Waals surface area contributed by atoms with E-state index < -0.39 is 0 Å². The van der Waals surface area contributed by atoms with Gasteiger partial charge in [-0.15, -0.1) is 11.3 Å². The van der Waals surface area contributed by atoms with Gasteiger partial charge in [-0.05, 0) is 76.3 Å². The third-order valence-electron chi connectivity index (χ3n) is 11.7. The predicted octanol–water partition coefficient (Wildman–Crippen LogP) is 12.9. The largest absolute Gasteiger partial charge is 0.456 e. The molecular weight excluding hydrogens is 717 g/mol. The number of nitrogens with one attached hydrogen (secondary N) is 3. The van der Waals surface area contributed by atoms with Crippen LogP contribution in [-0.4, -0.2) is 4.57 Å². The number of hydrogen-bond acceptors (Lipinski definition) is 5. The van der Waals surface area contributed by atoms with E-state index in [4.69, 9.17) is 4.42 Å². The average Bonchev–Trinajstić information content (AvgIpc) is 3.96. The molecule has 0 aliphatic carbocycles. The van der Waals surface area contributed by atoms with E-state index in [0.717, 1.165) is 27.5 Å². The third-order valence-corrected chi connectivity index (χ3v) is 12.9. The Balaban J connectivity index is 0.985. The van der Waals surface area contributed by atoms with Crippen LogP contribution in [0.3, 0.4) is 0 Å². The minimum atomic E-state index is -0.150. The zero-order valence-electron chi connectivity index (χ0n) is 30.8.